The lowest BCUT2D eigenvalue weighted by Gasteiger charge is -2.30. The van der Waals surface area contributed by atoms with Gasteiger partial charge in [0.15, 0.2) is 0 Å². The quantitative estimate of drug-likeness (QED) is 0.846. The molecule has 0 unspecified atom stereocenters. The van der Waals surface area contributed by atoms with Crippen LogP contribution in [-0.4, -0.2) is 12.4 Å². The van der Waals surface area contributed by atoms with Gasteiger partial charge in [-0.25, -0.2) is 0 Å². The van der Waals surface area contributed by atoms with Gasteiger partial charge >= 0.3 is 6.18 Å². The normalized spacial score (nSPS) is 16.3. The highest BCUT2D eigenvalue weighted by Crippen LogP contribution is 2.35. The number of anilines is 1. The molecule has 1 saturated heterocycles. The molecule has 1 heterocycles. The molecule has 0 aromatic heterocycles. The van der Waals surface area contributed by atoms with E-state index in [9.17, 15) is 13.2 Å². The van der Waals surface area contributed by atoms with Crippen LogP contribution in [0.1, 0.15) is 30.4 Å². The maximum Gasteiger partial charge on any atom is 0.417 e. The van der Waals surface area contributed by atoms with Gasteiger partial charge in [0, 0.05) is 18.7 Å². The summed E-state index contributed by atoms with van der Waals surface area (Å²) >= 11 is 0. The Morgan fingerprint density at radius 1 is 1.26 bits per heavy atom. The number of amidine groups is 1. The molecule has 3 nitrogen and oxygen atoms in total. The van der Waals surface area contributed by atoms with Crippen molar-refractivity contribution in [2.45, 2.75) is 25.4 Å². The summed E-state index contributed by atoms with van der Waals surface area (Å²) in [7, 11) is 0. The van der Waals surface area contributed by atoms with E-state index in [1.165, 1.54) is 12.1 Å². The molecule has 100 valence electrons. The van der Waals surface area contributed by atoms with E-state index in [0.29, 0.717) is 24.5 Å². The van der Waals surface area contributed by atoms with Crippen LogP contribution in [0.4, 0.5) is 18.9 Å². The van der Waals surface area contributed by atoms with Crippen molar-refractivity contribution in [3.63, 3.8) is 0 Å². The van der Waals surface area contributed by atoms with Crippen molar-refractivity contribution in [3.8, 4) is 6.07 Å². The Balaban J connectivity index is 2.43. The Hall–Kier alpha value is -2.03. The third-order valence-corrected chi connectivity index (χ3v) is 3.11. The molecule has 1 N–H and O–H groups in total. The van der Waals surface area contributed by atoms with Crippen molar-refractivity contribution >= 4 is 11.5 Å². The predicted octanol–water partition coefficient (Wildman–Crippen LogP) is 3.54. The van der Waals surface area contributed by atoms with Gasteiger partial charge in [0.05, 0.1) is 17.2 Å². The van der Waals surface area contributed by atoms with Crippen LogP contribution in [0.5, 0.6) is 0 Å². The van der Waals surface area contributed by atoms with E-state index in [4.69, 9.17) is 10.7 Å². The van der Waals surface area contributed by atoms with E-state index in [2.05, 4.69) is 0 Å². The molecule has 0 radical (unpaired) electrons. The summed E-state index contributed by atoms with van der Waals surface area (Å²) in [5, 5.41) is 16.5. The van der Waals surface area contributed by atoms with Crippen LogP contribution in [0.2, 0.25) is 0 Å². The molecule has 0 saturated carbocycles. The second kappa shape index (κ2) is 4.92. The highest BCUT2D eigenvalue weighted by atomic mass is 19.4. The van der Waals surface area contributed by atoms with Crippen LogP contribution in [0.3, 0.4) is 0 Å². The number of benzene rings is 1. The number of hydrogen-bond acceptors (Lipinski definition) is 2. The topological polar surface area (TPSA) is 50.9 Å². The smallest absolute Gasteiger partial charge is 0.330 e. The molecule has 0 bridgehead atoms. The van der Waals surface area contributed by atoms with Gasteiger partial charge in [-0.1, -0.05) is 0 Å². The summed E-state index contributed by atoms with van der Waals surface area (Å²) in [6.45, 7) is 0.544. The summed E-state index contributed by atoms with van der Waals surface area (Å²) in [6, 6.07) is 5.14. The second-order valence-electron chi connectivity index (χ2n) is 4.39. The lowest BCUT2D eigenvalue weighted by atomic mass is 10.0. The number of nitrogens with zero attached hydrogens (tertiary/aromatic N) is 2. The van der Waals surface area contributed by atoms with Gasteiger partial charge < -0.3 is 4.90 Å². The molecule has 0 aliphatic carbocycles. The lowest BCUT2D eigenvalue weighted by molar-refractivity contribution is -0.137. The van der Waals surface area contributed by atoms with Crippen LogP contribution in [0, 0.1) is 16.7 Å². The molecule has 1 aliphatic rings. The number of hydrogen-bond donors (Lipinski definition) is 1. The fourth-order valence-electron chi connectivity index (χ4n) is 2.15. The number of alkyl halides is 3. The van der Waals surface area contributed by atoms with E-state index < -0.39 is 11.7 Å². The van der Waals surface area contributed by atoms with Gasteiger partial charge in [0.1, 0.15) is 5.84 Å². The standard InChI is InChI=1S/C13H12F3N3/c14-13(15,16)11-7-10(5-4-9(11)8-17)19-6-2-1-3-12(19)18/h4-5,7,18H,1-3,6H2. The maximum atomic E-state index is 12.9. The average Bonchev–Trinajstić information content (AvgIpc) is 2.37. The monoisotopic (exact) mass is 267 g/mol. The SMILES string of the molecule is N#Cc1ccc(N2CCCCC2=N)cc1C(F)(F)F. The third kappa shape index (κ3) is 2.70. The zero-order chi connectivity index (χ0) is 14.0. The van der Waals surface area contributed by atoms with E-state index in [1.54, 1.807) is 11.0 Å². The van der Waals surface area contributed by atoms with Crippen molar-refractivity contribution in [2.24, 2.45) is 0 Å². The summed E-state index contributed by atoms with van der Waals surface area (Å²) in [5.74, 6) is 0.323. The molecule has 1 aromatic rings. The summed E-state index contributed by atoms with van der Waals surface area (Å²) in [6.07, 6.45) is -2.25. The van der Waals surface area contributed by atoms with Gasteiger partial charge in [0.2, 0.25) is 0 Å². The molecular formula is C13H12F3N3. The molecule has 1 fully saturated rings. The highest BCUT2D eigenvalue weighted by molar-refractivity contribution is 5.96. The molecule has 0 spiro atoms. The fourth-order valence-corrected chi connectivity index (χ4v) is 2.15. The van der Waals surface area contributed by atoms with Crippen LogP contribution in [-0.2, 0) is 6.18 Å². The Kier molecular flexibility index (Phi) is 3.47. The first-order valence-corrected chi connectivity index (χ1v) is 5.90. The molecule has 1 aromatic carbocycles. The second-order valence-corrected chi connectivity index (χ2v) is 4.39. The predicted molar refractivity (Wildman–Crippen MR) is 65.1 cm³/mol. The minimum Gasteiger partial charge on any atom is -0.330 e. The van der Waals surface area contributed by atoms with Crippen molar-refractivity contribution < 1.29 is 13.2 Å². The number of halogens is 3. The molecule has 6 heteroatoms. The summed E-state index contributed by atoms with van der Waals surface area (Å²) < 4.78 is 38.6. The largest absolute Gasteiger partial charge is 0.417 e. The van der Waals surface area contributed by atoms with E-state index >= 15 is 0 Å². The van der Waals surface area contributed by atoms with Crippen molar-refractivity contribution in [1.82, 2.24) is 0 Å². The average molecular weight is 267 g/mol. The Bertz CT molecular complexity index is 543. The lowest BCUT2D eigenvalue weighted by Crippen LogP contribution is -2.34. The minimum atomic E-state index is -4.56. The first-order valence-electron chi connectivity index (χ1n) is 5.90. The molecule has 2 rings (SSSR count). The van der Waals surface area contributed by atoms with Crippen LogP contribution in [0.15, 0.2) is 18.2 Å². The van der Waals surface area contributed by atoms with Gasteiger partial charge in [-0.2, -0.15) is 18.4 Å². The Morgan fingerprint density at radius 3 is 2.58 bits per heavy atom. The van der Waals surface area contributed by atoms with Gasteiger partial charge in [-0.3, -0.25) is 5.41 Å². The number of nitriles is 1. The number of piperidine rings is 1. The Labute approximate surface area is 108 Å². The van der Waals surface area contributed by atoms with Gasteiger partial charge in [0.25, 0.3) is 0 Å². The zero-order valence-electron chi connectivity index (χ0n) is 10.1. The van der Waals surface area contributed by atoms with Crippen LogP contribution >= 0.6 is 0 Å². The number of rotatable bonds is 1. The molecule has 0 amide bonds. The van der Waals surface area contributed by atoms with E-state index in [0.717, 1.165) is 18.9 Å². The molecule has 1 aliphatic heterocycles. The maximum absolute atomic E-state index is 12.9. The minimum absolute atomic E-state index is 0.323. The number of nitrogens with one attached hydrogen (secondary N) is 1. The van der Waals surface area contributed by atoms with Crippen molar-refractivity contribution in [3.05, 3.63) is 29.3 Å². The third-order valence-electron chi connectivity index (χ3n) is 3.11. The fraction of sp³-hybridized carbons (Fsp3) is 0.385. The first-order chi connectivity index (χ1) is 8.93. The summed E-state index contributed by atoms with van der Waals surface area (Å²) in [4.78, 5) is 1.57. The van der Waals surface area contributed by atoms with Gasteiger partial charge in [-0.05, 0) is 31.0 Å². The van der Waals surface area contributed by atoms with Gasteiger partial charge in [-0.15, -0.1) is 0 Å². The molecular weight excluding hydrogens is 255 g/mol. The van der Waals surface area contributed by atoms with Crippen LogP contribution in [0.25, 0.3) is 0 Å². The summed E-state index contributed by atoms with van der Waals surface area (Å²) in [5.41, 5.74) is -0.998. The first kappa shape index (κ1) is 13.4. The van der Waals surface area contributed by atoms with E-state index in [1.807, 2.05) is 0 Å². The molecule has 0 atom stereocenters. The van der Waals surface area contributed by atoms with Crippen molar-refractivity contribution in [2.75, 3.05) is 11.4 Å². The van der Waals surface area contributed by atoms with Crippen molar-refractivity contribution in [1.29, 1.82) is 10.7 Å². The van der Waals surface area contributed by atoms with Crippen LogP contribution < -0.4 is 4.90 Å². The zero-order valence-corrected chi connectivity index (χ0v) is 10.1. The van der Waals surface area contributed by atoms with E-state index in [-0.39, 0.29) is 5.56 Å². The highest BCUT2D eigenvalue weighted by Gasteiger charge is 2.34. The molecule has 19 heavy (non-hydrogen) atoms. The Morgan fingerprint density at radius 2 is 2.00 bits per heavy atom.